The van der Waals surface area contributed by atoms with Gasteiger partial charge in [-0.3, -0.25) is 4.57 Å². The van der Waals surface area contributed by atoms with Crippen molar-refractivity contribution in [2.24, 2.45) is 0 Å². The van der Waals surface area contributed by atoms with E-state index in [2.05, 4.69) is 49.2 Å². The van der Waals surface area contributed by atoms with Crippen LogP contribution in [0.1, 0.15) is 24.6 Å². The average Bonchev–Trinajstić information content (AvgIpc) is 2.97. The van der Waals surface area contributed by atoms with Crippen LogP contribution < -0.4 is 10.2 Å². The fourth-order valence-corrected chi connectivity index (χ4v) is 2.71. The SMILES string of the molecule is CN(C)c1ccc(-n2cnnc2C2CCNCC2)cc1. The van der Waals surface area contributed by atoms with E-state index in [0.717, 1.165) is 37.4 Å². The van der Waals surface area contributed by atoms with Gasteiger partial charge in [-0.1, -0.05) is 0 Å². The number of nitrogens with zero attached hydrogens (tertiary/aromatic N) is 4. The van der Waals surface area contributed by atoms with Gasteiger partial charge in [0.1, 0.15) is 12.2 Å². The lowest BCUT2D eigenvalue weighted by Gasteiger charge is -2.22. The van der Waals surface area contributed by atoms with Crippen LogP contribution in [0.3, 0.4) is 0 Å². The first-order chi connectivity index (χ1) is 9.75. The van der Waals surface area contributed by atoms with Crippen molar-refractivity contribution in [2.45, 2.75) is 18.8 Å². The number of hydrogen-bond donors (Lipinski definition) is 1. The van der Waals surface area contributed by atoms with E-state index in [0.29, 0.717) is 5.92 Å². The summed E-state index contributed by atoms with van der Waals surface area (Å²) in [5.41, 5.74) is 2.33. The lowest BCUT2D eigenvalue weighted by atomic mass is 9.97. The molecule has 0 radical (unpaired) electrons. The van der Waals surface area contributed by atoms with E-state index in [4.69, 9.17) is 0 Å². The van der Waals surface area contributed by atoms with E-state index >= 15 is 0 Å². The quantitative estimate of drug-likeness (QED) is 0.924. The molecule has 1 N–H and O–H groups in total. The van der Waals surface area contributed by atoms with Crippen molar-refractivity contribution in [1.82, 2.24) is 20.1 Å². The van der Waals surface area contributed by atoms with Gasteiger partial charge in [0, 0.05) is 31.4 Å². The Morgan fingerprint density at radius 1 is 1.15 bits per heavy atom. The summed E-state index contributed by atoms with van der Waals surface area (Å²) >= 11 is 0. The van der Waals surface area contributed by atoms with Crippen molar-refractivity contribution in [3.63, 3.8) is 0 Å². The second-order valence-electron chi connectivity index (χ2n) is 5.49. The van der Waals surface area contributed by atoms with Crippen molar-refractivity contribution in [3.8, 4) is 5.69 Å². The molecule has 1 aromatic heterocycles. The van der Waals surface area contributed by atoms with E-state index < -0.39 is 0 Å². The Hall–Kier alpha value is -1.88. The summed E-state index contributed by atoms with van der Waals surface area (Å²) < 4.78 is 2.12. The fourth-order valence-electron chi connectivity index (χ4n) is 2.71. The van der Waals surface area contributed by atoms with Gasteiger partial charge in [-0.05, 0) is 50.2 Å². The summed E-state index contributed by atoms with van der Waals surface area (Å²) in [6.45, 7) is 2.13. The molecule has 1 aliphatic rings. The molecule has 1 aromatic carbocycles. The summed E-state index contributed by atoms with van der Waals surface area (Å²) in [5, 5.41) is 11.9. The van der Waals surface area contributed by atoms with Gasteiger partial charge >= 0.3 is 0 Å². The van der Waals surface area contributed by atoms with Crippen LogP contribution in [-0.2, 0) is 0 Å². The Balaban J connectivity index is 1.88. The van der Waals surface area contributed by atoms with Crippen LogP contribution in [0.15, 0.2) is 30.6 Å². The molecule has 1 aliphatic heterocycles. The second kappa shape index (κ2) is 5.63. The minimum atomic E-state index is 0.507. The van der Waals surface area contributed by atoms with Gasteiger partial charge in [-0.25, -0.2) is 0 Å². The minimum absolute atomic E-state index is 0.507. The summed E-state index contributed by atoms with van der Waals surface area (Å²) in [5.74, 6) is 1.59. The predicted molar refractivity (Wildman–Crippen MR) is 80.5 cm³/mol. The van der Waals surface area contributed by atoms with Gasteiger partial charge in [0.05, 0.1) is 0 Å². The molecular formula is C15H21N5. The first-order valence-corrected chi connectivity index (χ1v) is 7.14. The van der Waals surface area contributed by atoms with Crippen molar-refractivity contribution >= 4 is 5.69 Å². The first kappa shape index (κ1) is 13.1. The highest BCUT2D eigenvalue weighted by molar-refractivity contribution is 5.50. The molecule has 3 rings (SSSR count). The second-order valence-corrected chi connectivity index (χ2v) is 5.49. The fraction of sp³-hybridized carbons (Fsp3) is 0.467. The molecule has 0 amide bonds. The van der Waals surface area contributed by atoms with Crippen LogP contribution in [0.25, 0.3) is 5.69 Å². The Morgan fingerprint density at radius 3 is 2.50 bits per heavy atom. The zero-order chi connectivity index (χ0) is 13.9. The number of rotatable bonds is 3. The molecule has 0 unspecified atom stereocenters. The molecule has 0 aliphatic carbocycles. The molecule has 5 heteroatoms. The highest BCUT2D eigenvalue weighted by Gasteiger charge is 2.21. The zero-order valence-electron chi connectivity index (χ0n) is 12.1. The molecule has 0 bridgehead atoms. The zero-order valence-corrected chi connectivity index (χ0v) is 12.1. The monoisotopic (exact) mass is 271 g/mol. The topological polar surface area (TPSA) is 46.0 Å². The van der Waals surface area contributed by atoms with Crippen LogP contribution in [0, 0.1) is 0 Å². The highest BCUT2D eigenvalue weighted by Crippen LogP contribution is 2.26. The van der Waals surface area contributed by atoms with Gasteiger partial charge in [-0.15, -0.1) is 10.2 Å². The van der Waals surface area contributed by atoms with E-state index in [-0.39, 0.29) is 0 Å². The molecule has 1 saturated heterocycles. The van der Waals surface area contributed by atoms with Crippen LogP contribution >= 0.6 is 0 Å². The Morgan fingerprint density at radius 2 is 1.85 bits per heavy atom. The average molecular weight is 271 g/mol. The minimum Gasteiger partial charge on any atom is -0.378 e. The summed E-state index contributed by atoms with van der Waals surface area (Å²) in [6.07, 6.45) is 4.09. The van der Waals surface area contributed by atoms with Crippen molar-refractivity contribution < 1.29 is 0 Å². The molecular weight excluding hydrogens is 250 g/mol. The molecule has 2 aromatic rings. The molecule has 106 valence electrons. The number of benzene rings is 1. The number of nitrogens with one attached hydrogen (secondary N) is 1. The number of hydrogen-bond acceptors (Lipinski definition) is 4. The smallest absolute Gasteiger partial charge is 0.140 e. The Labute approximate surface area is 119 Å². The summed E-state index contributed by atoms with van der Waals surface area (Å²) in [7, 11) is 4.10. The first-order valence-electron chi connectivity index (χ1n) is 7.14. The van der Waals surface area contributed by atoms with Crippen LogP contribution in [0.5, 0.6) is 0 Å². The molecule has 0 atom stereocenters. The molecule has 0 spiro atoms. The Bertz CT molecular complexity index is 552. The lowest BCUT2D eigenvalue weighted by Crippen LogP contribution is -2.28. The lowest BCUT2D eigenvalue weighted by molar-refractivity contribution is 0.440. The third-order valence-corrected chi connectivity index (χ3v) is 3.92. The normalized spacial score (nSPS) is 16.3. The molecule has 0 saturated carbocycles. The summed E-state index contributed by atoms with van der Waals surface area (Å²) in [6, 6.07) is 8.51. The van der Waals surface area contributed by atoms with Crippen LogP contribution in [0.4, 0.5) is 5.69 Å². The van der Waals surface area contributed by atoms with Crippen molar-refractivity contribution in [2.75, 3.05) is 32.1 Å². The molecule has 20 heavy (non-hydrogen) atoms. The van der Waals surface area contributed by atoms with E-state index in [1.54, 1.807) is 0 Å². The maximum absolute atomic E-state index is 4.35. The van der Waals surface area contributed by atoms with E-state index in [1.807, 2.05) is 20.4 Å². The summed E-state index contributed by atoms with van der Waals surface area (Å²) in [4.78, 5) is 2.10. The standard InChI is InChI=1S/C15H21N5/c1-19(2)13-3-5-14(6-4-13)20-11-17-18-15(20)12-7-9-16-10-8-12/h3-6,11-12,16H,7-10H2,1-2H3. The third kappa shape index (κ3) is 2.54. The third-order valence-electron chi connectivity index (χ3n) is 3.92. The number of piperidine rings is 1. The number of aromatic nitrogens is 3. The Kier molecular flexibility index (Phi) is 3.69. The maximum Gasteiger partial charge on any atom is 0.140 e. The van der Waals surface area contributed by atoms with Crippen LogP contribution in [-0.4, -0.2) is 41.9 Å². The van der Waals surface area contributed by atoms with E-state index in [9.17, 15) is 0 Å². The van der Waals surface area contributed by atoms with Crippen molar-refractivity contribution in [1.29, 1.82) is 0 Å². The van der Waals surface area contributed by atoms with E-state index in [1.165, 1.54) is 5.69 Å². The van der Waals surface area contributed by atoms with Crippen molar-refractivity contribution in [3.05, 3.63) is 36.4 Å². The van der Waals surface area contributed by atoms with Gasteiger partial charge < -0.3 is 10.2 Å². The molecule has 5 nitrogen and oxygen atoms in total. The predicted octanol–water partition coefficient (Wildman–Crippen LogP) is 1.80. The van der Waals surface area contributed by atoms with Crippen LogP contribution in [0.2, 0.25) is 0 Å². The maximum atomic E-state index is 4.35. The van der Waals surface area contributed by atoms with Gasteiger partial charge in [0.15, 0.2) is 0 Å². The highest BCUT2D eigenvalue weighted by atomic mass is 15.3. The number of anilines is 1. The van der Waals surface area contributed by atoms with Gasteiger partial charge in [0.2, 0.25) is 0 Å². The van der Waals surface area contributed by atoms with Gasteiger partial charge in [-0.2, -0.15) is 0 Å². The van der Waals surface area contributed by atoms with Gasteiger partial charge in [0.25, 0.3) is 0 Å². The molecule has 2 heterocycles. The molecule has 1 fully saturated rings. The largest absolute Gasteiger partial charge is 0.378 e.